The maximum atomic E-state index is 12.1. The summed E-state index contributed by atoms with van der Waals surface area (Å²) in [6, 6.07) is 8.73. The van der Waals surface area contributed by atoms with Gasteiger partial charge in [0.2, 0.25) is 5.91 Å². The first-order chi connectivity index (χ1) is 11.7. The van der Waals surface area contributed by atoms with Gasteiger partial charge in [-0.2, -0.15) is 0 Å². The van der Waals surface area contributed by atoms with Crippen LogP contribution in [0.15, 0.2) is 36.4 Å². The van der Waals surface area contributed by atoms with E-state index in [1.165, 1.54) is 11.3 Å². The lowest BCUT2D eigenvalue weighted by Gasteiger charge is -2.36. The zero-order chi connectivity index (χ0) is 16.8. The van der Waals surface area contributed by atoms with E-state index in [0.717, 1.165) is 58.5 Å². The highest BCUT2D eigenvalue weighted by Gasteiger charge is 2.20. The van der Waals surface area contributed by atoms with Crippen molar-refractivity contribution in [1.82, 2.24) is 10.2 Å². The van der Waals surface area contributed by atoms with Crippen LogP contribution in [0.1, 0.15) is 24.8 Å². The third-order valence-corrected chi connectivity index (χ3v) is 5.11. The molecule has 4 nitrogen and oxygen atoms in total. The van der Waals surface area contributed by atoms with Crippen molar-refractivity contribution in [3.8, 4) is 0 Å². The van der Waals surface area contributed by atoms with E-state index in [1.54, 1.807) is 0 Å². The number of nitrogens with one attached hydrogen (secondary N) is 1. The number of amides is 1. The quantitative estimate of drug-likeness (QED) is 0.845. The van der Waals surface area contributed by atoms with Gasteiger partial charge in [-0.1, -0.05) is 24.3 Å². The molecule has 0 aromatic heterocycles. The summed E-state index contributed by atoms with van der Waals surface area (Å²) in [5, 5.41) is 3.12. The second kappa shape index (κ2) is 8.34. The van der Waals surface area contributed by atoms with E-state index in [2.05, 4.69) is 58.5 Å². The number of hydrogen-bond donors (Lipinski definition) is 1. The molecule has 3 rings (SSSR count). The van der Waals surface area contributed by atoms with Crippen molar-refractivity contribution < 1.29 is 4.79 Å². The molecule has 0 spiro atoms. The number of anilines is 1. The monoisotopic (exact) mass is 327 g/mol. The standard InChI is InChI=1S/C20H29N3O/c1-17-6-5-9-19(16-17)23-14-12-22(13-15-23)11-10-21-20(24)18-7-3-2-4-8-18/h2-3,5-6,9,16,18H,4,7-8,10-15H2,1H3,(H,21,24). The van der Waals surface area contributed by atoms with E-state index in [0.29, 0.717) is 0 Å². The van der Waals surface area contributed by atoms with E-state index in [1.807, 2.05) is 0 Å². The van der Waals surface area contributed by atoms with Crippen LogP contribution in [0.3, 0.4) is 0 Å². The molecule has 1 fully saturated rings. The first-order valence-electron chi connectivity index (χ1n) is 9.19. The average Bonchev–Trinajstić information content (AvgIpc) is 2.63. The summed E-state index contributed by atoms with van der Waals surface area (Å²) in [7, 11) is 0. The second-order valence-electron chi connectivity index (χ2n) is 6.94. The van der Waals surface area contributed by atoms with Crippen LogP contribution >= 0.6 is 0 Å². The van der Waals surface area contributed by atoms with E-state index < -0.39 is 0 Å². The first-order valence-corrected chi connectivity index (χ1v) is 9.19. The third-order valence-electron chi connectivity index (χ3n) is 5.11. The minimum Gasteiger partial charge on any atom is -0.369 e. The Morgan fingerprint density at radius 1 is 1.21 bits per heavy atom. The molecule has 1 N–H and O–H groups in total. The summed E-state index contributed by atoms with van der Waals surface area (Å²) in [4.78, 5) is 17.0. The zero-order valence-electron chi connectivity index (χ0n) is 14.7. The maximum absolute atomic E-state index is 12.1. The lowest BCUT2D eigenvalue weighted by Crippen LogP contribution is -2.48. The van der Waals surface area contributed by atoms with E-state index in [9.17, 15) is 4.79 Å². The Kier molecular flexibility index (Phi) is 5.91. The highest BCUT2D eigenvalue weighted by atomic mass is 16.1. The number of piperazine rings is 1. The highest BCUT2D eigenvalue weighted by molar-refractivity contribution is 5.78. The van der Waals surface area contributed by atoms with Crippen molar-refractivity contribution in [2.45, 2.75) is 26.2 Å². The minimum atomic E-state index is 0.188. The molecule has 4 heteroatoms. The van der Waals surface area contributed by atoms with Crippen molar-refractivity contribution in [2.24, 2.45) is 5.92 Å². The minimum absolute atomic E-state index is 0.188. The molecular weight excluding hydrogens is 298 g/mol. The Morgan fingerprint density at radius 2 is 2.04 bits per heavy atom. The first kappa shape index (κ1) is 17.0. The van der Waals surface area contributed by atoms with Crippen LogP contribution in [0.2, 0.25) is 0 Å². The molecule has 1 aliphatic carbocycles. The lowest BCUT2D eigenvalue weighted by molar-refractivity contribution is -0.125. The fourth-order valence-corrected chi connectivity index (χ4v) is 3.57. The maximum Gasteiger partial charge on any atom is 0.223 e. The largest absolute Gasteiger partial charge is 0.369 e. The Labute approximate surface area is 145 Å². The summed E-state index contributed by atoms with van der Waals surface area (Å²) >= 11 is 0. The van der Waals surface area contributed by atoms with Gasteiger partial charge in [-0.3, -0.25) is 9.69 Å². The molecule has 1 aromatic carbocycles. The summed E-state index contributed by atoms with van der Waals surface area (Å²) in [5.74, 6) is 0.422. The van der Waals surface area contributed by atoms with E-state index in [-0.39, 0.29) is 11.8 Å². The Morgan fingerprint density at radius 3 is 2.75 bits per heavy atom. The highest BCUT2D eigenvalue weighted by Crippen LogP contribution is 2.19. The summed E-state index contributed by atoms with van der Waals surface area (Å²) < 4.78 is 0. The van der Waals surface area contributed by atoms with Crippen LogP contribution in [-0.4, -0.2) is 50.1 Å². The molecule has 1 saturated heterocycles. The molecule has 1 aliphatic heterocycles. The smallest absolute Gasteiger partial charge is 0.223 e. The number of benzene rings is 1. The number of hydrogen-bond acceptors (Lipinski definition) is 3. The normalized spacial score (nSPS) is 21.7. The topological polar surface area (TPSA) is 35.6 Å². The average molecular weight is 327 g/mol. The number of nitrogens with zero attached hydrogens (tertiary/aromatic N) is 2. The Balaban J connectivity index is 1.36. The van der Waals surface area contributed by atoms with E-state index >= 15 is 0 Å². The van der Waals surface area contributed by atoms with Crippen molar-refractivity contribution in [3.63, 3.8) is 0 Å². The van der Waals surface area contributed by atoms with Gasteiger partial charge in [0.05, 0.1) is 0 Å². The molecule has 0 saturated carbocycles. The molecule has 1 unspecified atom stereocenters. The van der Waals surface area contributed by atoms with Crippen molar-refractivity contribution in [2.75, 3.05) is 44.2 Å². The summed E-state index contributed by atoms with van der Waals surface area (Å²) in [6.07, 6.45) is 7.26. The predicted octanol–water partition coefficient (Wildman–Crippen LogP) is 2.59. The van der Waals surface area contributed by atoms with Gasteiger partial charge in [-0.25, -0.2) is 0 Å². The van der Waals surface area contributed by atoms with Gasteiger partial charge in [0.25, 0.3) is 0 Å². The number of carbonyl (C=O) groups excluding carboxylic acids is 1. The molecule has 0 radical (unpaired) electrons. The number of carbonyl (C=O) groups is 1. The third kappa shape index (κ3) is 4.60. The Bertz CT molecular complexity index is 576. The number of aryl methyl sites for hydroxylation is 1. The van der Waals surface area contributed by atoms with Gasteiger partial charge in [0.15, 0.2) is 0 Å². The van der Waals surface area contributed by atoms with Crippen LogP contribution in [0.5, 0.6) is 0 Å². The fourth-order valence-electron chi connectivity index (χ4n) is 3.57. The molecule has 130 valence electrons. The SMILES string of the molecule is Cc1cccc(N2CCN(CCNC(=O)C3CC=CCC3)CC2)c1. The van der Waals surface area contributed by atoms with Crippen LogP contribution in [0, 0.1) is 12.8 Å². The van der Waals surface area contributed by atoms with Gasteiger partial charge in [0, 0.05) is 50.9 Å². The van der Waals surface area contributed by atoms with Gasteiger partial charge in [0.1, 0.15) is 0 Å². The zero-order valence-corrected chi connectivity index (χ0v) is 14.7. The summed E-state index contributed by atoms with van der Waals surface area (Å²) in [6.45, 7) is 8.12. The fraction of sp³-hybridized carbons (Fsp3) is 0.550. The molecule has 24 heavy (non-hydrogen) atoms. The van der Waals surface area contributed by atoms with Gasteiger partial charge < -0.3 is 10.2 Å². The molecule has 2 aliphatic rings. The van der Waals surface area contributed by atoms with Crippen LogP contribution in [0.25, 0.3) is 0 Å². The predicted molar refractivity (Wildman–Crippen MR) is 99.3 cm³/mol. The van der Waals surface area contributed by atoms with Crippen molar-refractivity contribution in [3.05, 3.63) is 42.0 Å². The van der Waals surface area contributed by atoms with Crippen LogP contribution in [-0.2, 0) is 4.79 Å². The molecule has 1 atom stereocenters. The molecule has 0 bridgehead atoms. The van der Waals surface area contributed by atoms with Crippen molar-refractivity contribution >= 4 is 11.6 Å². The Hall–Kier alpha value is -1.81. The van der Waals surface area contributed by atoms with Crippen LogP contribution in [0.4, 0.5) is 5.69 Å². The van der Waals surface area contributed by atoms with Gasteiger partial charge in [-0.05, 0) is 43.9 Å². The molecule has 1 aromatic rings. The van der Waals surface area contributed by atoms with E-state index in [4.69, 9.17) is 0 Å². The van der Waals surface area contributed by atoms with Crippen molar-refractivity contribution in [1.29, 1.82) is 0 Å². The summed E-state index contributed by atoms with van der Waals surface area (Å²) in [5.41, 5.74) is 2.64. The lowest BCUT2D eigenvalue weighted by atomic mass is 9.94. The molecular formula is C20H29N3O. The van der Waals surface area contributed by atoms with Gasteiger partial charge >= 0.3 is 0 Å². The number of allylic oxidation sites excluding steroid dienone is 2. The molecule has 1 amide bonds. The second-order valence-corrected chi connectivity index (χ2v) is 6.94. The molecule has 1 heterocycles. The van der Waals surface area contributed by atoms with Gasteiger partial charge in [-0.15, -0.1) is 0 Å². The van der Waals surface area contributed by atoms with Crippen LogP contribution < -0.4 is 10.2 Å². The number of rotatable bonds is 5.